The Morgan fingerprint density at radius 3 is 3.06 bits per heavy atom. The van der Waals surface area contributed by atoms with Crippen LogP contribution >= 0.6 is 15.9 Å². The monoisotopic (exact) mass is 309 g/mol. The summed E-state index contributed by atoms with van der Waals surface area (Å²) in [5.41, 5.74) is 0.901. The predicted octanol–water partition coefficient (Wildman–Crippen LogP) is 1.89. The van der Waals surface area contributed by atoms with E-state index in [1.54, 1.807) is 0 Å². The van der Waals surface area contributed by atoms with Gasteiger partial charge in [0.05, 0.1) is 12.1 Å². The number of hydrogen-bond acceptors (Lipinski definition) is 5. The van der Waals surface area contributed by atoms with E-state index in [0.29, 0.717) is 24.7 Å². The Bertz CT molecular complexity index is 558. The topological polar surface area (TPSA) is 71.2 Å². The van der Waals surface area contributed by atoms with E-state index in [1.807, 2.05) is 24.3 Å². The third-order valence-corrected chi connectivity index (χ3v) is 3.42. The van der Waals surface area contributed by atoms with Crippen molar-refractivity contribution in [1.29, 1.82) is 0 Å². The molecule has 2 aromatic rings. The Labute approximate surface area is 112 Å². The van der Waals surface area contributed by atoms with Crippen LogP contribution in [0.25, 0.3) is 11.4 Å². The Kier molecular flexibility index (Phi) is 3.15. The van der Waals surface area contributed by atoms with Crippen LogP contribution in [0.3, 0.4) is 0 Å². The van der Waals surface area contributed by atoms with E-state index in [-0.39, 0.29) is 12.1 Å². The molecule has 0 bridgehead atoms. The molecule has 5 nitrogen and oxygen atoms in total. The van der Waals surface area contributed by atoms with Gasteiger partial charge in [-0.3, -0.25) is 0 Å². The normalized spacial score (nSPS) is 23.4. The summed E-state index contributed by atoms with van der Waals surface area (Å²) in [5, 5.41) is 16.6. The fraction of sp³-hybridized carbons (Fsp3) is 0.333. The molecule has 0 amide bonds. The van der Waals surface area contributed by atoms with Crippen LogP contribution in [-0.4, -0.2) is 27.9 Å². The molecule has 2 heterocycles. The third-order valence-electron chi connectivity index (χ3n) is 2.93. The number of aliphatic hydroxyl groups excluding tert-OH is 1. The van der Waals surface area contributed by atoms with Gasteiger partial charge in [-0.2, -0.15) is 4.98 Å². The number of nitrogens with zero attached hydrogens (tertiary/aromatic N) is 2. The van der Waals surface area contributed by atoms with Gasteiger partial charge in [0, 0.05) is 16.6 Å². The van der Waals surface area contributed by atoms with Crippen LogP contribution in [0, 0.1) is 0 Å². The number of β-amino-alcohol motifs (C(OH)–C–C–N with tert-alkyl or cyclic N) is 1. The molecule has 2 atom stereocenters. The molecule has 0 saturated carbocycles. The first-order chi connectivity index (χ1) is 8.72. The van der Waals surface area contributed by atoms with Crippen LogP contribution < -0.4 is 5.32 Å². The molecule has 94 valence electrons. The Hall–Kier alpha value is -1.24. The summed E-state index contributed by atoms with van der Waals surface area (Å²) in [4.78, 5) is 4.37. The first kappa shape index (κ1) is 11.8. The predicted molar refractivity (Wildman–Crippen MR) is 68.8 cm³/mol. The van der Waals surface area contributed by atoms with Crippen LogP contribution in [0.1, 0.15) is 18.4 Å². The minimum Gasteiger partial charge on any atom is -0.392 e. The average Bonchev–Trinajstić information content (AvgIpc) is 2.97. The van der Waals surface area contributed by atoms with Gasteiger partial charge < -0.3 is 14.9 Å². The fourth-order valence-corrected chi connectivity index (χ4v) is 2.43. The minimum atomic E-state index is -0.337. The van der Waals surface area contributed by atoms with Crippen LogP contribution in [0.5, 0.6) is 0 Å². The zero-order valence-electron chi connectivity index (χ0n) is 9.51. The summed E-state index contributed by atoms with van der Waals surface area (Å²) in [6, 6.07) is 7.68. The van der Waals surface area contributed by atoms with Crippen molar-refractivity contribution in [3.05, 3.63) is 34.6 Å². The van der Waals surface area contributed by atoms with Crippen LogP contribution in [-0.2, 0) is 0 Å². The summed E-state index contributed by atoms with van der Waals surface area (Å²) in [6.45, 7) is 0.569. The molecule has 1 saturated heterocycles. The van der Waals surface area contributed by atoms with Gasteiger partial charge in [0.25, 0.3) is 0 Å². The number of nitrogens with one attached hydrogen (secondary N) is 1. The Morgan fingerprint density at radius 1 is 1.44 bits per heavy atom. The zero-order valence-corrected chi connectivity index (χ0v) is 11.1. The lowest BCUT2D eigenvalue weighted by molar-refractivity contribution is 0.191. The van der Waals surface area contributed by atoms with Gasteiger partial charge in [-0.1, -0.05) is 33.2 Å². The van der Waals surface area contributed by atoms with Gasteiger partial charge in [-0.15, -0.1) is 0 Å². The van der Waals surface area contributed by atoms with Crippen molar-refractivity contribution in [2.45, 2.75) is 18.6 Å². The first-order valence-corrected chi connectivity index (χ1v) is 6.52. The average molecular weight is 310 g/mol. The fourth-order valence-electron chi connectivity index (χ4n) is 2.03. The van der Waals surface area contributed by atoms with Crippen LogP contribution in [0.15, 0.2) is 33.3 Å². The molecule has 6 heteroatoms. The molecule has 1 aromatic carbocycles. The minimum absolute atomic E-state index is 0.0478. The van der Waals surface area contributed by atoms with Gasteiger partial charge in [0.2, 0.25) is 11.7 Å². The lowest BCUT2D eigenvalue weighted by atomic mass is 10.2. The summed E-state index contributed by atoms with van der Waals surface area (Å²) in [7, 11) is 0. The first-order valence-electron chi connectivity index (χ1n) is 5.73. The molecule has 1 aromatic heterocycles. The van der Waals surface area contributed by atoms with E-state index in [9.17, 15) is 5.11 Å². The van der Waals surface area contributed by atoms with Gasteiger partial charge in [0.1, 0.15) is 0 Å². The van der Waals surface area contributed by atoms with Crippen LogP contribution in [0.2, 0.25) is 0 Å². The van der Waals surface area contributed by atoms with E-state index in [0.717, 1.165) is 10.0 Å². The summed E-state index contributed by atoms with van der Waals surface area (Å²) in [6.07, 6.45) is 0.274. The van der Waals surface area contributed by atoms with Crippen molar-refractivity contribution < 1.29 is 9.63 Å². The van der Waals surface area contributed by atoms with Crippen LogP contribution in [0.4, 0.5) is 0 Å². The lowest BCUT2D eigenvalue weighted by Crippen LogP contribution is -2.15. The lowest BCUT2D eigenvalue weighted by Gasteiger charge is -2.01. The molecule has 18 heavy (non-hydrogen) atoms. The molecule has 0 radical (unpaired) electrons. The van der Waals surface area contributed by atoms with Crippen molar-refractivity contribution in [3.63, 3.8) is 0 Å². The molecule has 1 aliphatic rings. The molecular formula is C12H12BrN3O2. The summed E-state index contributed by atoms with van der Waals surface area (Å²) >= 11 is 3.41. The highest BCUT2D eigenvalue weighted by Crippen LogP contribution is 2.25. The summed E-state index contributed by atoms with van der Waals surface area (Å²) < 4.78 is 6.21. The van der Waals surface area contributed by atoms with Crippen molar-refractivity contribution in [2.24, 2.45) is 0 Å². The number of aromatic nitrogens is 2. The third kappa shape index (κ3) is 2.31. The van der Waals surface area contributed by atoms with Crippen molar-refractivity contribution in [2.75, 3.05) is 6.54 Å². The number of benzene rings is 1. The van der Waals surface area contributed by atoms with Gasteiger partial charge >= 0.3 is 0 Å². The summed E-state index contributed by atoms with van der Waals surface area (Å²) in [5.74, 6) is 1.09. The molecule has 0 spiro atoms. The largest absolute Gasteiger partial charge is 0.392 e. The zero-order chi connectivity index (χ0) is 12.5. The Balaban J connectivity index is 1.85. The van der Waals surface area contributed by atoms with E-state index < -0.39 is 0 Å². The maximum absolute atomic E-state index is 9.46. The second-order valence-electron chi connectivity index (χ2n) is 4.32. The second kappa shape index (κ2) is 4.79. The van der Waals surface area contributed by atoms with E-state index in [1.165, 1.54) is 0 Å². The van der Waals surface area contributed by atoms with E-state index in [4.69, 9.17) is 4.52 Å². The maximum atomic E-state index is 9.46. The highest BCUT2D eigenvalue weighted by Gasteiger charge is 2.28. The SMILES string of the molecule is O[C@H]1CN[C@H](c2nc(-c3cccc(Br)c3)no2)C1. The second-order valence-corrected chi connectivity index (χ2v) is 5.23. The smallest absolute Gasteiger partial charge is 0.244 e. The standard InChI is InChI=1S/C12H12BrN3O2/c13-8-3-1-2-7(4-8)11-15-12(18-16-11)10-5-9(17)6-14-10/h1-4,9-10,14,17H,5-6H2/t9-,10+/m1/s1. The molecule has 3 rings (SSSR count). The number of hydrogen-bond donors (Lipinski definition) is 2. The Morgan fingerprint density at radius 2 is 2.33 bits per heavy atom. The number of aliphatic hydroxyl groups is 1. The number of rotatable bonds is 2. The highest BCUT2D eigenvalue weighted by molar-refractivity contribution is 9.10. The van der Waals surface area contributed by atoms with Crippen molar-refractivity contribution >= 4 is 15.9 Å². The molecule has 0 aliphatic carbocycles. The highest BCUT2D eigenvalue weighted by atomic mass is 79.9. The number of halogens is 1. The quantitative estimate of drug-likeness (QED) is 0.886. The van der Waals surface area contributed by atoms with Crippen molar-refractivity contribution in [1.82, 2.24) is 15.5 Å². The molecular weight excluding hydrogens is 298 g/mol. The van der Waals surface area contributed by atoms with Gasteiger partial charge in [-0.25, -0.2) is 0 Å². The molecule has 1 aliphatic heterocycles. The molecule has 2 N–H and O–H groups in total. The maximum Gasteiger partial charge on any atom is 0.244 e. The van der Waals surface area contributed by atoms with Gasteiger partial charge in [0.15, 0.2) is 0 Å². The van der Waals surface area contributed by atoms with E-state index in [2.05, 4.69) is 31.4 Å². The van der Waals surface area contributed by atoms with Gasteiger partial charge in [-0.05, 0) is 18.6 Å². The molecule has 0 unspecified atom stereocenters. The van der Waals surface area contributed by atoms with E-state index >= 15 is 0 Å². The molecule has 1 fully saturated rings. The van der Waals surface area contributed by atoms with Crippen molar-refractivity contribution in [3.8, 4) is 11.4 Å².